The molecule has 2 aromatic heterocycles. The molecule has 0 atom stereocenters. The van der Waals surface area contributed by atoms with Crippen LogP contribution in [0.2, 0.25) is 0 Å². The van der Waals surface area contributed by atoms with Gasteiger partial charge in [-0.2, -0.15) is 5.10 Å². The molecule has 11 heteroatoms. The highest BCUT2D eigenvalue weighted by molar-refractivity contribution is 14.0. The van der Waals surface area contributed by atoms with Crippen LogP contribution < -0.4 is 10.2 Å². The van der Waals surface area contributed by atoms with Crippen molar-refractivity contribution in [2.75, 3.05) is 37.6 Å². The number of oxazole rings is 1. The first-order valence-electron chi connectivity index (χ1n) is 10.6. The van der Waals surface area contributed by atoms with Crippen molar-refractivity contribution in [3.8, 4) is 11.5 Å². The molecule has 3 aromatic rings. The molecule has 1 fully saturated rings. The molecule has 9 nitrogen and oxygen atoms in total. The standard InChI is InChI=1S/C22H26FN7O2.HI/c1-3-24-22(29-10-11-30(20(31)14-29)19-12-26-28(2)13-19)25-9-8-18-15-32-21(27-18)16-4-6-17(23)7-5-16;/h4-7,12-13,15H,3,8-11,14H2,1-2H3,(H,24,25);1H. The highest BCUT2D eigenvalue weighted by atomic mass is 127. The molecule has 0 radical (unpaired) electrons. The molecule has 1 aliphatic heterocycles. The second-order valence-electron chi connectivity index (χ2n) is 7.48. The molecule has 4 rings (SSSR count). The number of benzene rings is 1. The van der Waals surface area contributed by atoms with Crippen LogP contribution in [0, 0.1) is 5.82 Å². The summed E-state index contributed by atoms with van der Waals surface area (Å²) in [6.07, 6.45) is 5.72. The Morgan fingerprint density at radius 2 is 2.06 bits per heavy atom. The number of halogens is 2. The van der Waals surface area contributed by atoms with Gasteiger partial charge < -0.3 is 19.5 Å². The number of aliphatic imine (C=N–C) groups is 1. The fourth-order valence-corrected chi connectivity index (χ4v) is 3.52. The summed E-state index contributed by atoms with van der Waals surface area (Å²) >= 11 is 0. The zero-order valence-corrected chi connectivity index (χ0v) is 20.9. The van der Waals surface area contributed by atoms with Crippen molar-refractivity contribution in [3.05, 3.63) is 54.4 Å². The van der Waals surface area contributed by atoms with E-state index in [-0.39, 0.29) is 42.2 Å². The predicted molar refractivity (Wildman–Crippen MR) is 134 cm³/mol. The first-order chi connectivity index (χ1) is 15.5. The Bertz CT molecular complexity index is 1100. The van der Waals surface area contributed by atoms with Gasteiger partial charge in [-0.15, -0.1) is 24.0 Å². The molecule has 3 heterocycles. The summed E-state index contributed by atoms with van der Waals surface area (Å²) in [6.45, 7) is 4.68. The van der Waals surface area contributed by atoms with Crippen LogP contribution in [0.15, 0.2) is 52.3 Å². The van der Waals surface area contributed by atoms with Crippen molar-refractivity contribution < 1.29 is 13.6 Å². The van der Waals surface area contributed by atoms with Crippen LogP contribution in [0.25, 0.3) is 11.5 Å². The van der Waals surface area contributed by atoms with E-state index in [1.807, 2.05) is 25.1 Å². The van der Waals surface area contributed by atoms with Gasteiger partial charge in [0.05, 0.1) is 17.6 Å². The first-order valence-corrected chi connectivity index (χ1v) is 10.6. The number of hydrogen-bond donors (Lipinski definition) is 1. The summed E-state index contributed by atoms with van der Waals surface area (Å²) in [5.74, 6) is 0.864. The fraction of sp³-hybridized carbons (Fsp3) is 0.364. The number of anilines is 1. The van der Waals surface area contributed by atoms with Crippen LogP contribution in [0.1, 0.15) is 12.6 Å². The molecular weight excluding hydrogens is 540 g/mol. The largest absolute Gasteiger partial charge is 0.444 e. The van der Waals surface area contributed by atoms with E-state index in [2.05, 4.69) is 20.4 Å². The predicted octanol–water partition coefficient (Wildman–Crippen LogP) is 2.69. The van der Waals surface area contributed by atoms with Gasteiger partial charge in [0.15, 0.2) is 5.96 Å². The molecule has 0 aliphatic carbocycles. The highest BCUT2D eigenvalue weighted by Gasteiger charge is 2.27. The van der Waals surface area contributed by atoms with E-state index in [1.165, 1.54) is 12.1 Å². The van der Waals surface area contributed by atoms with E-state index in [9.17, 15) is 9.18 Å². The summed E-state index contributed by atoms with van der Waals surface area (Å²) < 4.78 is 20.3. The van der Waals surface area contributed by atoms with E-state index in [4.69, 9.17) is 4.42 Å². The maximum atomic E-state index is 13.1. The average Bonchev–Trinajstić information content (AvgIpc) is 3.43. The number of nitrogens with one attached hydrogen (secondary N) is 1. The van der Waals surface area contributed by atoms with Crippen LogP contribution in [0.3, 0.4) is 0 Å². The third-order valence-corrected chi connectivity index (χ3v) is 5.13. The van der Waals surface area contributed by atoms with Crippen molar-refractivity contribution in [2.45, 2.75) is 13.3 Å². The quantitative estimate of drug-likeness (QED) is 0.280. The van der Waals surface area contributed by atoms with Crippen molar-refractivity contribution in [1.29, 1.82) is 0 Å². The van der Waals surface area contributed by atoms with Crippen LogP contribution in [-0.2, 0) is 18.3 Å². The third kappa shape index (κ3) is 6.09. The number of carbonyl (C=O) groups excluding carboxylic acids is 1. The third-order valence-electron chi connectivity index (χ3n) is 5.13. The number of amides is 1. The number of rotatable bonds is 6. The maximum absolute atomic E-state index is 13.1. The van der Waals surface area contributed by atoms with Gasteiger partial charge in [0.25, 0.3) is 0 Å². The van der Waals surface area contributed by atoms with Crippen LogP contribution in [0.5, 0.6) is 0 Å². The molecule has 1 N–H and O–H groups in total. The zero-order valence-electron chi connectivity index (χ0n) is 18.6. The van der Waals surface area contributed by atoms with Gasteiger partial charge in [0.2, 0.25) is 11.8 Å². The first kappa shape index (κ1) is 24.7. The second kappa shape index (κ2) is 11.3. The molecule has 0 spiro atoms. The Labute approximate surface area is 208 Å². The van der Waals surface area contributed by atoms with Gasteiger partial charge in [0, 0.05) is 51.4 Å². The molecule has 0 bridgehead atoms. The van der Waals surface area contributed by atoms with Crippen molar-refractivity contribution in [2.24, 2.45) is 12.0 Å². The summed E-state index contributed by atoms with van der Waals surface area (Å²) in [5.41, 5.74) is 2.29. The Balaban J connectivity index is 0.00000306. The van der Waals surface area contributed by atoms with Gasteiger partial charge in [-0.25, -0.2) is 9.37 Å². The minimum absolute atomic E-state index is 0. The second-order valence-corrected chi connectivity index (χ2v) is 7.48. The molecule has 0 saturated carbocycles. The van der Waals surface area contributed by atoms with Gasteiger partial charge in [-0.05, 0) is 31.2 Å². The lowest BCUT2D eigenvalue weighted by Crippen LogP contribution is -2.55. The minimum atomic E-state index is -0.300. The Hall–Kier alpha value is -2.96. The normalized spacial score (nSPS) is 14.4. The molecule has 1 aliphatic rings. The average molecular weight is 567 g/mol. The number of carbonyl (C=O) groups is 1. The number of guanidine groups is 1. The lowest BCUT2D eigenvalue weighted by Gasteiger charge is -2.35. The summed E-state index contributed by atoms with van der Waals surface area (Å²) in [4.78, 5) is 25.5. The van der Waals surface area contributed by atoms with Crippen LogP contribution in [0.4, 0.5) is 10.1 Å². The van der Waals surface area contributed by atoms with Crippen molar-refractivity contribution >= 4 is 41.5 Å². The van der Waals surface area contributed by atoms with Gasteiger partial charge in [-0.1, -0.05) is 0 Å². The van der Waals surface area contributed by atoms with E-state index in [0.717, 1.165) is 16.9 Å². The molecule has 1 aromatic carbocycles. The van der Waals surface area contributed by atoms with Gasteiger partial charge in [0.1, 0.15) is 18.6 Å². The van der Waals surface area contributed by atoms with E-state index < -0.39 is 0 Å². The Morgan fingerprint density at radius 3 is 2.73 bits per heavy atom. The van der Waals surface area contributed by atoms with Crippen LogP contribution in [-0.4, -0.2) is 64.3 Å². The summed E-state index contributed by atoms with van der Waals surface area (Å²) in [7, 11) is 1.83. The van der Waals surface area contributed by atoms with E-state index in [1.54, 1.807) is 34.2 Å². The van der Waals surface area contributed by atoms with Gasteiger partial charge >= 0.3 is 0 Å². The van der Waals surface area contributed by atoms with Gasteiger partial charge in [-0.3, -0.25) is 14.5 Å². The number of nitrogens with zero attached hydrogens (tertiary/aromatic N) is 6. The molecule has 33 heavy (non-hydrogen) atoms. The number of piperazine rings is 1. The molecule has 1 saturated heterocycles. The minimum Gasteiger partial charge on any atom is -0.444 e. The highest BCUT2D eigenvalue weighted by Crippen LogP contribution is 2.19. The lowest BCUT2D eigenvalue weighted by atomic mass is 10.2. The summed E-state index contributed by atoms with van der Waals surface area (Å²) in [5, 5.41) is 7.41. The topological polar surface area (TPSA) is 91.8 Å². The number of aromatic nitrogens is 3. The van der Waals surface area contributed by atoms with Crippen molar-refractivity contribution in [1.82, 2.24) is 25.0 Å². The van der Waals surface area contributed by atoms with Crippen LogP contribution >= 0.6 is 24.0 Å². The lowest BCUT2D eigenvalue weighted by molar-refractivity contribution is -0.120. The smallest absolute Gasteiger partial charge is 0.246 e. The van der Waals surface area contributed by atoms with E-state index in [0.29, 0.717) is 44.5 Å². The Kier molecular flexibility index (Phi) is 8.42. The number of aryl methyl sites for hydroxylation is 1. The summed E-state index contributed by atoms with van der Waals surface area (Å²) in [6, 6.07) is 6.02. The molecule has 176 valence electrons. The Morgan fingerprint density at radius 1 is 1.27 bits per heavy atom. The fourth-order valence-electron chi connectivity index (χ4n) is 3.52. The van der Waals surface area contributed by atoms with E-state index >= 15 is 0 Å². The van der Waals surface area contributed by atoms with Crippen molar-refractivity contribution in [3.63, 3.8) is 0 Å². The molecule has 0 unspecified atom stereocenters. The monoisotopic (exact) mass is 567 g/mol. The molecular formula is C22H27FIN7O2. The molecule has 1 amide bonds. The number of hydrogen-bond acceptors (Lipinski definition) is 5. The zero-order chi connectivity index (χ0) is 22.5. The SMILES string of the molecule is CCNC(=NCCc1coc(-c2ccc(F)cc2)n1)N1CCN(c2cnn(C)c2)C(=O)C1.I. The maximum Gasteiger partial charge on any atom is 0.246 e.